The Morgan fingerprint density at radius 1 is 0.848 bits per heavy atom. The lowest BCUT2D eigenvalue weighted by Gasteiger charge is -2.13. The fourth-order valence-electron chi connectivity index (χ4n) is 2.97. The van der Waals surface area contributed by atoms with Crippen molar-refractivity contribution in [1.29, 1.82) is 0 Å². The smallest absolute Gasteiger partial charge is 0.244 e. The van der Waals surface area contributed by atoms with E-state index >= 15 is 0 Å². The maximum Gasteiger partial charge on any atom is 0.244 e. The number of aromatic nitrogens is 2. The maximum atomic E-state index is 12.7. The minimum atomic E-state index is -3.78. The van der Waals surface area contributed by atoms with Crippen LogP contribution in [0.2, 0.25) is 0 Å². The van der Waals surface area contributed by atoms with Crippen LogP contribution in [0.5, 0.6) is 17.2 Å². The highest BCUT2D eigenvalue weighted by molar-refractivity contribution is 7.89. The largest absolute Gasteiger partial charge is 0.497 e. The minimum Gasteiger partial charge on any atom is -0.497 e. The highest BCUT2D eigenvalue weighted by atomic mass is 32.2. The highest BCUT2D eigenvalue weighted by Gasteiger charge is 2.19. The Hall–Kier alpha value is -3.57. The van der Waals surface area contributed by atoms with Crippen molar-refractivity contribution < 1.29 is 22.6 Å². The van der Waals surface area contributed by atoms with E-state index < -0.39 is 10.0 Å². The van der Waals surface area contributed by atoms with Gasteiger partial charge in [0.1, 0.15) is 28.0 Å². The third kappa shape index (κ3) is 6.46. The third-order valence-electron chi connectivity index (χ3n) is 4.58. The Morgan fingerprint density at radius 3 is 2.21 bits per heavy atom. The van der Waals surface area contributed by atoms with E-state index in [-0.39, 0.29) is 23.7 Å². The van der Waals surface area contributed by atoms with Crippen LogP contribution in [-0.2, 0) is 10.0 Å². The summed E-state index contributed by atoms with van der Waals surface area (Å²) in [6.07, 6.45) is 0. The molecule has 0 aliphatic heterocycles. The van der Waals surface area contributed by atoms with Crippen LogP contribution in [0, 0.1) is 6.92 Å². The summed E-state index contributed by atoms with van der Waals surface area (Å²) < 4.78 is 43.3. The van der Waals surface area contributed by atoms with Gasteiger partial charge in [0.2, 0.25) is 16.0 Å². The Bertz CT molecular complexity index is 1190. The van der Waals surface area contributed by atoms with Gasteiger partial charge in [-0.25, -0.2) is 18.1 Å². The molecule has 2 aromatic carbocycles. The summed E-state index contributed by atoms with van der Waals surface area (Å²) in [5, 5.41) is 6.25. The quantitative estimate of drug-likeness (QED) is 0.361. The van der Waals surface area contributed by atoms with Gasteiger partial charge in [-0.2, -0.15) is 4.98 Å². The molecule has 0 atom stereocenters. The lowest BCUT2D eigenvalue weighted by Crippen LogP contribution is -2.29. The first-order valence-corrected chi connectivity index (χ1v) is 11.6. The minimum absolute atomic E-state index is 0.0311. The summed E-state index contributed by atoms with van der Waals surface area (Å²) in [6.45, 7) is 2.25. The molecular formula is C22H27N5O5S. The maximum absolute atomic E-state index is 12.7. The summed E-state index contributed by atoms with van der Waals surface area (Å²) in [6, 6.07) is 13.8. The van der Waals surface area contributed by atoms with Crippen molar-refractivity contribution in [3.05, 3.63) is 54.2 Å². The van der Waals surface area contributed by atoms with Crippen LogP contribution in [0.25, 0.3) is 0 Å². The van der Waals surface area contributed by atoms with Gasteiger partial charge in [0.25, 0.3) is 0 Å². The predicted molar refractivity (Wildman–Crippen MR) is 126 cm³/mol. The molecule has 0 aliphatic rings. The predicted octanol–water partition coefficient (Wildman–Crippen LogP) is 2.94. The lowest BCUT2D eigenvalue weighted by molar-refractivity contribution is 0.386. The number of hydrogen-bond donors (Lipinski definition) is 3. The molecule has 11 heteroatoms. The van der Waals surface area contributed by atoms with E-state index in [4.69, 9.17) is 14.2 Å². The Morgan fingerprint density at radius 2 is 1.55 bits per heavy atom. The van der Waals surface area contributed by atoms with E-state index in [9.17, 15) is 8.42 Å². The number of nitrogens with one attached hydrogen (secondary N) is 3. The lowest BCUT2D eigenvalue weighted by atomic mass is 10.3. The van der Waals surface area contributed by atoms with E-state index in [1.54, 1.807) is 13.2 Å². The molecule has 1 heterocycles. The van der Waals surface area contributed by atoms with E-state index in [1.165, 1.54) is 26.4 Å². The van der Waals surface area contributed by atoms with E-state index in [2.05, 4.69) is 25.3 Å². The van der Waals surface area contributed by atoms with E-state index in [0.717, 1.165) is 17.1 Å². The standard InChI is InChI=1S/C22H27N5O5S/c1-15-13-21(26-16-5-7-17(30-2)8-6-16)27-22(25-15)23-11-12-24-33(28,29)20-10-9-18(31-3)14-19(20)32-4/h5-10,13-14,24H,11-12H2,1-4H3,(H2,23,25,26,27). The molecule has 0 aliphatic carbocycles. The molecule has 3 N–H and O–H groups in total. The molecular weight excluding hydrogens is 446 g/mol. The zero-order chi connectivity index (χ0) is 23.8. The second-order valence-electron chi connectivity index (χ2n) is 6.91. The topological polar surface area (TPSA) is 124 Å². The second-order valence-corrected chi connectivity index (χ2v) is 8.65. The zero-order valence-electron chi connectivity index (χ0n) is 18.9. The summed E-state index contributed by atoms with van der Waals surface area (Å²) in [4.78, 5) is 8.81. The molecule has 1 aromatic heterocycles. The molecule has 0 bridgehead atoms. The first-order valence-electron chi connectivity index (χ1n) is 10.1. The molecule has 33 heavy (non-hydrogen) atoms. The van der Waals surface area contributed by atoms with Gasteiger partial charge in [-0.05, 0) is 43.3 Å². The number of sulfonamides is 1. The second kappa shape index (κ2) is 10.8. The van der Waals surface area contributed by atoms with Gasteiger partial charge in [0, 0.05) is 36.6 Å². The van der Waals surface area contributed by atoms with Gasteiger partial charge in [0.15, 0.2) is 0 Å². The Labute approximate surface area is 193 Å². The number of rotatable bonds is 11. The van der Waals surface area contributed by atoms with E-state index in [0.29, 0.717) is 17.5 Å². The molecule has 3 rings (SSSR count). The van der Waals surface area contributed by atoms with Gasteiger partial charge in [-0.3, -0.25) is 0 Å². The van der Waals surface area contributed by atoms with Crippen LogP contribution >= 0.6 is 0 Å². The van der Waals surface area contributed by atoms with E-state index in [1.807, 2.05) is 37.3 Å². The van der Waals surface area contributed by atoms with Crippen molar-refractivity contribution >= 4 is 27.5 Å². The van der Waals surface area contributed by atoms with Gasteiger partial charge in [-0.15, -0.1) is 0 Å². The first-order chi connectivity index (χ1) is 15.8. The fourth-order valence-corrected chi connectivity index (χ4v) is 4.15. The van der Waals surface area contributed by atoms with Crippen molar-refractivity contribution in [3.8, 4) is 17.2 Å². The average molecular weight is 474 g/mol. The summed E-state index contributed by atoms with van der Waals surface area (Å²) in [7, 11) is 0.737. The molecule has 0 amide bonds. The molecule has 0 saturated heterocycles. The normalized spacial score (nSPS) is 11.0. The van der Waals surface area contributed by atoms with Crippen molar-refractivity contribution in [3.63, 3.8) is 0 Å². The van der Waals surface area contributed by atoms with Crippen molar-refractivity contribution in [2.24, 2.45) is 0 Å². The number of hydrogen-bond acceptors (Lipinski definition) is 9. The SMILES string of the molecule is COc1ccc(Nc2cc(C)nc(NCCNS(=O)(=O)c3ccc(OC)cc3OC)n2)cc1. The van der Waals surface area contributed by atoms with Gasteiger partial charge < -0.3 is 24.8 Å². The summed E-state index contributed by atoms with van der Waals surface area (Å²) >= 11 is 0. The van der Waals surface area contributed by atoms with Crippen LogP contribution < -0.4 is 29.6 Å². The number of benzene rings is 2. The zero-order valence-corrected chi connectivity index (χ0v) is 19.7. The summed E-state index contributed by atoms with van der Waals surface area (Å²) in [5.74, 6) is 2.46. The molecule has 176 valence electrons. The van der Waals surface area contributed by atoms with Crippen LogP contribution in [0.1, 0.15) is 5.69 Å². The van der Waals surface area contributed by atoms with Crippen LogP contribution in [0.4, 0.5) is 17.5 Å². The average Bonchev–Trinajstić information content (AvgIpc) is 2.81. The molecule has 0 saturated carbocycles. The molecule has 0 spiro atoms. The number of anilines is 3. The van der Waals surface area contributed by atoms with Gasteiger partial charge in [-0.1, -0.05) is 0 Å². The number of aryl methyl sites for hydroxylation is 1. The van der Waals surface area contributed by atoms with Crippen LogP contribution in [-0.4, -0.2) is 52.8 Å². The molecule has 0 fully saturated rings. The molecule has 10 nitrogen and oxygen atoms in total. The molecule has 3 aromatic rings. The third-order valence-corrected chi connectivity index (χ3v) is 6.08. The van der Waals surface area contributed by atoms with Crippen molar-refractivity contribution in [2.45, 2.75) is 11.8 Å². The number of methoxy groups -OCH3 is 3. The van der Waals surface area contributed by atoms with Crippen LogP contribution in [0.15, 0.2) is 53.4 Å². The monoisotopic (exact) mass is 473 g/mol. The van der Waals surface area contributed by atoms with Gasteiger partial charge >= 0.3 is 0 Å². The van der Waals surface area contributed by atoms with Crippen molar-refractivity contribution in [2.75, 3.05) is 45.1 Å². The number of ether oxygens (including phenoxy) is 3. The van der Waals surface area contributed by atoms with Crippen LogP contribution in [0.3, 0.4) is 0 Å². The highest BCUT2D eigenvalue weighted by Crippen LogP contribution is 2.28. The molecule has 0 radical (unpaired) electrons. The number of nitrogens with zero attached hydrogens (tertiary/aromatic N) is 2. The Kier molecular flexibility index (Phi) is 7.91. The van der Waals surface area contributed by atoms with Gasteiger partial charge in [0.05, 0.1) is 21.3 Å². The fraction of sp³-hybridized carbons (Fsp3) is 0.273. The molecule has 0 unspecified atom stereocenters. The Balaban J connectivity index is 1.60. The summed E-state index contributed by atoms with van der Waals surface area (Å²) in [5.41, 5.74) is 1.60. The first kappa shape index (κ1) is 24.1. The van der Waals surface area contributed by atoms with Crippen molar-refractivity contribution in [1.82, 2.24) is 14.7 Å².